The predicted molar refractivity (Wildman–Crippen MR) is 37.6 cm³/mol. The summed E-state index contributed by atoms with van der Waals surface area (Å²) in [5, 5.41) is 0. The molecule has 0 saturated heterocycles. The van der Waals surface area contributed by atoms with E-state index in [4.69, 9.17) is 0 Å². The second-order valence-electron chi connectivity index (χ2n) is 2.15. The van der Waals surface area contributed by atoms with Gasteiger partial charge in [0, 0.05) is 6.20 Å². The van der Waals surface area contributed by atoms with Crippen LogP contribution in [0.25, 0.3) is 0 Å². The van der Waals surface area contributed by atoms with Crippen LogP contribution < -0.4 is 0 Å². The maximum atomic E-state index is 10.9. The van der Waals surface area contributed by atoms with Crippen LogP contribution in [-0.4, -0.2) is 22.5 Å². The molecule has 11 heavy (non-hydrogen) atoms. The first-order valence-corrected chi connectivity index (χ1v) is 3.10. The van der Waals surface area contributed by atoms with E-state index in [0.717, 1.165) is 0 Å². The number of amides is 2. The van der Waals surface area contributed by atoms with E-state index in [-0.39, 0.29) is 0 Å². The third kappa shape index (κ3) is 0.724. The first-order valence-electron chi connectivity index (χ1n) is 3.10. The Hall–Kier alpha value is -1.71. The Morgan fingerprint density at radius 2 is 2.09 bits per heavy atom. The fraction of sp³-hybridized carbons (Fsp3) is 0. The van der Waals surface area contributed by atoms with Crippen LogP contribution in [0.3, 0.4) is 0 Å². The monoisotopic (exact) mass is 148 g/mol. The largest absolute Gasteiger partial charge is 0.337 e. The van der Waals surface area contributed by atoms with Crippen molar-refractivity contribution in [2.24, 2.45) is 4.99 Å². The minimum Gasteiger partial charge on any atom is -0.263 e. The lowest BCUT2D eigenvalue weighted by atomic mass is 10.3. The van der Waals surface area contributed by atoms with Crippen molar-refractivity contribution in [1.29, 1.82) is 0 Å². The van der Waals surface area contributed by atoms with E-state index in [9.17, 15) is 9.59 Å². The number of rotatable bonds is 0. The van der Waals surface area contributed by atoms with Gasteiger partial charge in [0.15, 0.2) is 0 Å². The van der Waals surface area contributed by atoms with Gasteiger partial charge >= 0.3 is 11.8 Å². The standard InChI is InChI=1S/C7H4N2O2/c10-6-7(11)9-4-2-1-3-5(9)8-6/h1-4H. The highest BCUT2D eigenvalue weighted by Gasteiger charge is 2.30. The van der Waals surface area contributed by atoms with Crippen LogP contribution in [-0.2, 0) is 9.59 Å². The number of fused-ring (bicyclic) bond motifs is 1. The van der Waals surface area contributed by atoms with Crippen molar-refractivity contribution in [3.05, 3.63) is 24.4 Å². The van der Waals surface area contributed by atoms with E-state index >= 15 is 0 Å². The first-order chi connectivity index (χ1) is 5.29. The lowest BCUT2D eigenvalue weighted by molar-refractivity contribution is -0.138. The number of nitrogens with zero attached hydrogens (tertiary/aromatic N) is 2. The van der Waals surface area contributed by atoms with Crippen molar-refractivity contribution >= 4 is 17.6 Å². The van der Waals surface area contributed by atoms with Crippen molar-refractivity contribution in [2.45, 2.75) is 0 Å². The summed E-state index contributed by atoms with van der Waals surface area (Å²) in [5.41, 5.74) is 0. The molecule has 0 bridgehead atoms. The summed E-state index contributed by atoms with van der Waals surface area (Å²) in [6, 6.07) is 0. The molecule has 0 saturated carbocycles. The summed E-state index contributed by atoms with van der Waals surface area (Å²) < 4.78 is 0. The lowest BCUT2D eigenvalue weighted by Gasteiger charge is -2.10. The number of hydrogen-bond donors (Lipinski definition) is 0. The summed E-state index contributed by atoms with van der Waals surface area (Å²) in [6.07, 6.45) is 6.53. The van der Waals surface area contributed by atoms with Crippen LogP contribution in [0.1, 0.15) is 0 Å². The van der Waals surface area contributed by atoms with E-state index in [1.54, 1.807) is 18.2 Å². The van der Waals surface area contributed by atoms with Crippen molar-refractivity contribution < 1.29 is 9.59 Å². The molecule has 2 rings (SSSR count). The maximum Gasteiger partial charge on any atom is 0.337 e. The molecule has 0 aliphatic carbocycles. The van der Waals surface area contributed by atoms with E-state index in [2.05, 4.69) is 4.99 Å². The number of aliphatic imine (C=N–C) groups is 1. The van der Waals surface area contributed by atoms with Gasteiger partial charge in [0.05, 0.1) is 0 Å². The zero-order valence-electron chi connectivity index (χ0n) is 5.52. The molecule has 0 radical (unpaired) electrons. The third-order valence-electron chi connectivity index (χ3n) is 1.46. The van der Waals surface area contributed by atoms with Crippen molar-refractivity contribution in [1.82, 2.24) is 4.90 Å². The number of allylic oxidation sites excluding steroid dienone is 2. The van der Waals surface area contributed by atoms with Crippen LogP contribution in [0.4, 0.5) is 0 Å². The minimum absolute atomic E-state index is 0.405. The minimum atomic E-state index is -0.698. The SMILES string of the molecule is O=C1N=C2C=CC=CN2C1=O. The van der Waals surface area contributed by atoms with Gasteiger partial charge in [0.25, 0.3) is 0 Å². The van der Waals surface area contributed by atoms with Crippen LogP contribution in [0, 0.1) is 0 Å². The lowest BCUT2D eigenvalue weighted by Crippen LogP contribution is -2.28. The Labute approximate surface area is 62.5 Å². The van der Waals surface area contributed by atoms with E-state index < -0.39 is 11.8 Å². The second-order valence-corrected chi connectivity index (χ2v) is 2.15. The van der Waals surface area contributed by atoms with Crippen LogP contribution in [0.2, 0.25) is 0 Å². The fourth-order valence-electron chi connectivity index (χ4n) is 0.952. The van der Waals surface area contributed by atoms with Crippen molar-refractivity contribution in [3.63, 3.8) is 0 Å². The summed E-state index contributed by atoms with van der Waals surface area (Å²) in [7, 11) is 0. The molecule has 0 aromatic carbocycles. The Morgan fingerprint density at radius 3 is 2.82 bits per heavy atom. The number of amidine groups is 1. The summed E-state index contributed by atoms with van der Waals surface area (Å²) in [5.74, 6) is -0.876. The average Bonchev–Trinajstić information content (AvgIpc) is 2.30. The molecule has 0 N–H and O–H groups in total. The molecule has 2 heterocycles. The first kappa shape index (κ1) is 6.03. The molecule has 2 amide bonds. The van der Waals surface area contributed by atoms with Crippen LogP contribution in [0.15, 0.2) is 29.4 Å². The molecule has 0 spiro atoms. The summed E-state index contributed by atoms with van der Waals surface area (Å²) in [6.45, 7) is 0. The highest BCUT2D eigenvalue weighted by molar-refractivity contribution is 6.45. The van der Waals surface area contributed by atoms with Gasteiger partial charge in [0.2, 0.25) is 0 Å². The number of carbonyl (C=O) groups is 2. The smallest absolute Gasteiger partial charge is 0.263 e. The number of carbonyl (C=O) groups excluding carboxylic acids is 2. The van der Waals surface area contributed by atoms with Gasteiger partial charge in [-0.1, -0.05) is 6.08 Å². The Bertz CT molecular complexity index is 325. The molecule has 4 heteroatoms. The van der Waals surface area contributed by atoms with Gasteiger partial charge in [-0.05, 0) is 12.2 Å². The zero-order valence-corrected chi connectivity index (χ0v) is 5.52. The Kier molecular flexibility index (Phi) is 1.03. The predicted octanol–water partition coefficient (Wildman–Crippen LogP) is -0.163. The van der Waals surface area contributed by atoms with Gasteiger partial charge in [-0.2, -0.15) is 4.99 Å². The molecule has 0 unspecified atom stereocenters. The fourth-order valence-corrected chi connectivity index (χ4v) is 0.952. The topological polar surface area (TPSA) is 49.7 Å². The van der Waals surface area contributed by atoms with E-state index in [1.807, 2.05) is 0 Å². The molecular weight excluding hydrogens is 144 g/mol. The molecule has 2 aliphatic heterocycles. The van der Waals surface area contributed by atoms with Gasteiger partial charge in [-0.25, -0.2) is 0 Å². The van der Waals surface area contributed by atoms with Crippen LogP contribution in [0.5, 0.6) is 0 Å². The normalized spacial score (nSPS) is 20.7. The van der Waals surface area contributed by atoms with E-state index in [1.165, 1.54) is 11.1 Å². The molecule has 0 aromatic rings. The molecule has 2 aliphatic rings. The van der Waals surface area contributed by atoms with Crippen LogP contribution >= 0.6 is 0 Å². The van der Waals surface area contributed by atoms with Gasteiger partial charge < -0.3 is 0 Å². The summed E-state index contributed by atoms with van der Waals surface area (Å²) >= 11 is 0. The van der Waals surface area contributed by atoms with Crippen molar-refractivity contribution in [3.8, 4) is 0 Å². The quantitative estimate of drug-likeness (QED) is 0.448. The van der Waals surface area contributed by atoms with Gasteiger partial charge in [0.1, 0.15) is 5.84 Å². The van der Waals surface area contributed by atoms with Gasteiger partial charge in [-0.15, -0.1) is 0 Å². The molecule has 0 atom stereocenters. The molecule has 0 aromatic heterocycles. The van der Waals surface area contributed by atoms with Gasteiger partial charge in [-0.3, -0.25) is 14.5 Å². The maximum absolute atomic E-state index is 10.9. The molecule has 54 valence electrons. The highest BCUT2D eigenvalue weighted by Crippen LogP contribution is 2.10. The number of hydrogen-bond acceptors (Lipinski definition) is 2. The second kappa shape index (κ2) is 1.88. The Balaban J connectivity index is 2.47. The van der Waals surface area contributed by atoms with Crippen molar-refractivity contribution in [2.75, 3.05) is 0 Å². The zero-order chi connectivity index (χ0) is 7.84. The third-order valence-corrected chi connectivity index (χ3v) is 1.46. The molecule has 4 nitrogen and oxygen atoms in total. The highest BCUT2D eigenvalue weighted by atomic mass is 16.2. The summed E-state index contributed by atoms with van der Waals surface area (Å²) in [4.78, 5) is 26.3. The average molecular weight is 148 g/mol. The van der Waals surface area contributed by atoms with E-state index in [0.29, 0.717) is 5.84 Å². The Morgan fingerprint density at radius 1 is 1.27 bits per heavy atom. The molecule has 0 fully saturated rings. The molecular formula is C7H4N2O2.